The van der Waals surface area contributed by atoms with Gasteiger partial charge < -0.3 is 20.3 Å². The maximum atomic E-state index is 13.3. The zero-order valence-corrected chi connectivity index (χ0v) is 27.5. The summed E-state index contributed by atoms with van der Waals surface area (Å²) in [4.78, 5) is 55.9. The molecule has 0 radical (unpaired) electrons. The van der Waals surface area contributed by atoms with E-state index >= 15 is 0 Å². The monoisotopic (exact) mass is 639 g/mol. The van der Waals surface area contributed by atoms with Crippen molar-refractivity contribution < 1.29 is 23.9 Å². The number of carbonyl (C=O) groups excluding carboxylic acids is 4. The smallest absolute Gasteiger partial charge is 0.412 e. The number of carbonyl (C=O) groups is 4. The number of nitrogens with one attached hydrogen (secondary N) is 3. The first-order chi connectivity index (χ1) is 22.5. The Morgan fingerprint density at radius 1 is 0.936 bits per heavy atom. The van der Waals surface area contributed by atoms with E-state index in [4.69, 9.17) is 4.74 Å². The molecule has 3 aromatic rings. The minimum atomic E-state index is -0.593. The molecule has 248 valence electrons. The van der Waals surface area contributed by atoms with Crippen molar-refractivity contribution in [1.82, 2.24) is 15.2 Å². The first-order valence-corrected chi connectivity index (χ1v) is 16.2. The lowest BCUT2D eigenvalue weighted by Crippen LogP contribution is -2.38. The van der Waals surface area contributed by atoms with Crippen molar-refractivity contribution in [3.8, 4) is 0 Å². The number of nitrogens with zero attached hydrogens (tertiary/aromatic N) is 2. The molecule has 3 N–H and O–H groups in total. The van der Waals surface area contributed by atoms with E-state index in [0.29, 0.717) is 42.5 Å². The summed E-state index contributed by atoms with van der Waals surface area (Å²) < 4.78 is 5.26. The molecule has 0 spiro atoms. The van der Waals surface area contributed by atoms with Gasteiger partial charge in [0.15, 0.2) is 0 Å². The van der Waals surface area contributed by atoms with Crippen LogP contribution in [0, 0.1) is 5.92 Å². The Labute approximate surface area is 277 Å². The van der Waals surface area contributed by atoms with Gasteiger partial charge in [-0.05, 0) is 99.6 Å². The van der Waals surface area contributed by atoms with E-state index in [2.05, 4.69) is 20.9 Å². The molecular weight excluding hydrogens is 594 g/mol. The first kappa shape index (κ1) is 34.9. The highest BCUT2D eigenvalue weighted by atomic mass is 16.6. The second-order valence-electron chi connectivity index (χ2n) is 12.8. The van der Waals surface area contributed by atoms with Crippen molar-refractivity contribution in [2.24, 2.45) is 5.92 Å². The van der Waals surface area contributed by atoms with Crippen molar-refractivity contribution >= 4 is 41.3 Å². The van der Waals surface area contributed by atoms with E-state index in [9.17, 15) is 19.2 Å². The summed E-state index contributed by atoms with van der Waals surface area (Å²) in [6, 6.07) is 17.8. The third-order valence-corrected chi connectivity index (χ3v) is 7.71. The first-order valence-electron chi connectivity index (χ1n) is 16.2. The Morgan fingerprint density at radius 2 is 1.70 bits per heavy atom. The molecule has 1 aliphatic rings. The SMILES string of the molecule is CC(C)(C)OC(=O)Nc1ccc(CC(=O)Nc2cccc(C(=O)N3CCC(CCCCNC(=O)/C=C/c4cccnc4)CC3)c2)cc1. The molecule has 0 bridgehead atoms. The van der Waals surface area contributed by atoms with Crippen molar-refractivity contribution in [3.63, 3.8) is 0 Å². The lowest BCUT2D eigenvalue weighted by Gasteiger charge is -2.32. The normalized spacial score (nSPS) is 13.6. The topological polar surface area (TPSA) is 130 Å². The fraction of sp³-hybridized carbons (Fsp3) is 0.378. The highest BCUT2D eigenvalue weighted by Gasteiger charge is 2.24. The van der Waals surface area contributed by atoms with Crippen LogP contribution in [0.3, 0.4) is 0 Å². The highest BCUT2D eigenvalue weighted by Crippen LogP contribution is 2.24. The van der Waals surface area contributed by atoms with E-state index in [-0.39, 0.29) is 24.1 Å². The van der Waals surface area contributed by atoms with Crippen LogP contribution in [0.5, 0.6) is 0 Å². The van der Waals surface area contributed by atoms with Gasteiger partial charge in [-0.25, -0.2) is 4.79 Å². The Morgan fingerprint density at radius 3 is 2.40 bits per heavy atom. The summed E-state index contributed by atoms with van der Waals surface area (Å²) in [5.41, 5.74) is 2.77. The Kier molecular flexibility index (Phi) is 12.7. The van der Waals surface area contributed by atoms with Crippen molar-refractivity contribution in [1.29, 1.82) is 0 Å². The molecular formula is C37H45N5O5. The van der Waals surface area contributed by atoms with Gasteiger partial charge in [0.2, 0.25) is 11.8 Å². The fourth-order valence-corrected chi connectivity index (χ4v) is 5.33. The lowest BCUT2D eigenvalue weighted by atomic mass is 9.91. The fourth-order valence-electron chi connectivity index (χ4n) is 5.33. The summed E-state index contributed by atoms with van der Waals surface area (Å²) >= 11 is 0. The summed E-state index contributed by atoms with van der Waals surface area (Å²) in [6.07, 6.45) is 11.2. The highest BCUT2D eigenvalue weighted by molar-refractivity contribution is 5.97. The third kappa shape index (κ3) is 12.4. The van der Waals surface area contributed by atoms with Crippen molar-refractivity contribution in [3.05, 3.63) is 95.8 Å². The van der Waals surface area contributed by atoms with Gasteiger partial charge in [-0.15, -0.1) is 0 Å². The van der Waals surface area contributed by atoms with Gasteiger partial charge in [-0.3, -0.25) is 24.7 Å². The molecule has 2 aromatic carbocycles. The average Bonchev–Trinajstić information content (AvgIpc) is 3.04. The Balaban J connectivity index is 1.14. The second kappa shape index (κ2) is 17.1. The molecule has 2 heterocycles. The molecule has 10 nitrogen and oxygen atoms in total. The summed E-state index contributed by atoms with van der Waals surface area (Å²) in [7, 11) is 0. The third-order valence-electron chi connectivity index (χ3n) is 7.71. The molecule has 10 heteroatoms. The average molecular weight is 640 g/mol. The maximum Gasteiger partial charge on any atom is 0.412 e. The number of rotatable bonds is 12. The number of hydrogen-bond acceptors (Lipinski definition) is 6. The standard InChI is InChI=1S/C37H45N5O5/c1-37(2,3)47-36(46)41-31-15-12-28(13-16-31)24-34(44)40-32-11-6-10-30(25-32)35(45)42-22-18-27(19-23-42)8-4-5-21-39-33(43)17-14-29-9-7-20-38-26-29/h6-7,9-17,20,25-27H,4-5,8,18-19,21-24H2,1-3H3,(H,39,43)(H,40,44)(H,41,46)/b17-14+. The number of likely N-dealkylation sites (tertiary alicyclic amines) is 1. The lowest BCUT2D eigenvalue weighted by molar-refractivity contribution is -0.116. The molecule has 1 aromatic heterocycles. The molecule has 1 aliphatic heterocycles. The largest absolute Gasteiger partial charge is 0.444 e. The number of aromatic nitrogens is 1. The van der Waals surface area contributed by atoms with Gasteiger partial charge in [-0.1, -0.05) is 37.1 Å². The maximum absolute atomic E-state index is 13.3. The Hall–Kier alpha value is -4.99. The molecule has 1 saturated heterocycles. The minimum absolute atomic E-state index is 0.0327. The Bertz CT molecular complexity index is 1520. The molecule has 1 fully saturated rings. The summed E-state index contributed by atoms with van der Waals surface area (Å²) in [5, 5.41) is 8.50. The van der Waals surface area contributed by atoms with E-state index < -0.39 is 11.7 Å². The van der Waals surface area contributed by atoms with Crippen molar-refractivity contribution in [2.75, 3.05) is 30.3 Å². The van der Waals surface area contributed by atoms with Crippen LogP contribution in [0.2, 0.25) is 0 Å². The number of hydrogen-bond donors (Lipinski definition) is 3. The molecule has 0 saturated carbocycles. The number of unbranched alkanes of at least 4 members (excludes halogenated alkanes) is 1. The number of amides is 4. The summed E-state index contributed by atoms with van der Waals surface area (Å²) in [5.74, 6) is 0.219. The van der Waals surface area contributed by atoms with Crippen LogP contribution < -0.4 is 16.0 Å². The molecule has 0 unspecified atom stereocenters. The minimum Gasteiger partial charge on any atom is -0.444 e. The summed E-state index contributed by atoms with van der Waals surface area (Å²) in [6.45, 7) is 7.43. The number of pyridine rings is 1. The van der Waals surface area contributed by atoms with E-state index in [1.165, 1.54) is 6.08 Å². The quantitative estimate of drug-likeness (QED) is 0.154. The number of ether oxygens (including phenoxy) is 1. The van der Waals surface area contributed by atoms with Crippen molar-refractivity contribution in [2.45, 2.75) is 64.9 Å². The van der Waals surface area contributed by atoms with E-state index in [1.54, 1.807) is 87.8 Å². The van der Waals surface area contributed by atoms with Gasteiger partial charge in [-0.2, -0.15) is 0 Å². The van der Waals surface area contributed by atoms with Crippen LogP contribution in [0.15, 0.2) is 79.1 Å². The van der Waals surface area contributed by atoms with Gasteiger partial charge in [0, 0.05) is 55.0 Å². The number of piperidine rings is 1. The predicted octanol–water partition coefficient (Wildman–Crippen LogP) is 6.46. The van der Waals surface area contributed by atoms with Crippen LogP contribution in [0.25, 0.3) is 6.08 Å². The van der Waals surface area contributed by atoms with Gasteiger partial charge in [0.1, 0.15) is 5.60 Å². The molecule has 47 heavy (non-hydrogen) atoms. The predicted molar refractivity (Wildman–Crippen MR) is 184 cm³/mol. The van der Waals surface area contributed by atoms with Crippen LogP contribution in [-0.2, 0) is 20.7 Å². The second-order valence-corrected chi connectivity index (χ2v) is 12.8. The number of anilines is 2. The van der Waals surface area contributed by atoms with Crippen LogP contribution in [0.1, 0.15) is 74.4 Å². The molecule has 0 aliphatic carbocycles. The molecule has 0 atom stereocenters. The zero-order valence-electron chi connectivity index (χ0n) is 27.5. The molecule has 4 rings (SSSR count). The zero-order chi connectivity index (χ0) is 33.6. The molecule has 4 amide bonds. The van der Waals surface area contributed by atoms with Crippen LogP contribution >= 0.6 is 0 Å². The van der Waals surface area contributed by atoms with Crippen LogP contribution in [-0.4, -0.2) is 58.9 Å². The van der Waals surface area contributed by atoms with Gasteiger partial charge in [0.05, 0.1) is 6.42 Å². The van der Waals surface area contributed by atoms with Gasteiger partial charge in [0.25, 0.3) is 5.91 Å². The van der Waals surface area contributed by atoms with E-state index in [1.807, 2.05) is 17.0 Å². The van der Waals surface area contributed by atoms with Crippen LogP contribution in [0.4, 0.5) is 16.2 Å². The number of benzene rings is 2. The van der Waals surface area contributed by atoms with E-state index in [0.717, 1.165) is 43.2 Å². The van der Waals surface area contributed by atoms with Gasteiger partial charge >= 0.3 is 6.09 Å².